The second kappa shape index (κ2) is 7.61. The monoisotopic (exact) mass is 416 g/mol. The number of nitrogens with one attached hydrogen (secondary N) is 1. The zero-order valence-corrected chi connectivity index (χ0v) is 18.6. The third-order valence-electron chi connectivity index (χ3n) is 5.63. The first kappa shape index (κ1) is 22.2. The normalized spacial score (nSPS) is 17.0. The van der Waals surface area contributed by atoms with E-state index >= 15 is 0 Å². The van der Waals surface area contributed by atoms with Gasteiger partial charge in [0.15, 0.2) is 0 Å². The Morgan fingerprint density at radius 3 is 2.07 bits per heavy atom. The van der Waals surface area contributed by atoms with E-state index < -0.39 is 11.6 Å². The Balaban J connectivity index is 2.11. The molecule has 0 spiro atoms. The van der Waals surface area contributed by atoms with Crippen LogP contribution in [0.2, 0.25) is 0 Å². The number of phenolic OH excluding ortho intramolecular Hbond substituents is 1. The molecule has 1 aromatic carbocycles. The minimum Gasteiger partial charge on any atom is -0.507 e. The van der Waals surface area contributed by atoms with Gasteiger partial charge in [0.2, 0.25) is 5.89 Å². The number of carboxylic acid groups (broad SMARTS) is 1. The minimum atomic E-state index is -1.12. The SMILES string of the molecule is CC(C)(C)c1cc(-c2coc(C3(NC(=O)O)CCOCC3)n2)cc(C(C)(C)C)c1O. The first-order valence-corrected chi connectivity index (χ1v) is 10.3. The Kier molecular flexibility index (Phi) is 5.62. The van der Waals surface area contributed by atoms with Crippen LogP contribution in [0.15, 0.2) is 22.8 Å². The molecule has 2 heterocycles. The van der Waals surface area contributed by atoms with Crippen LogP contribution in [0.5, 0.6) is 5.75 Å². The Morgan fingerprint density at radius 1 is 1.07 bits per heavy atom. The summed E-state index contributed by atoms with van der Waals surface area (Å²) in [5.41, 5.74) is 1.67. The van der Waals surface area contributed by atoms with E-state index in [2.05, 4.69) is 51.8 Å². The van der Waals surface area contributed by atoms with Gasteiger partial charge in [-0.3, -0.25) is 0 Å². The number of ether oxygens (including phenoxy) is 1. The van der Waals surface area contributed by atoms with Gasteiger partial charge in [0.05, 0.1) is 0 Å². The summed E-state index contributed by atoms with van der Waals surface area (Å²) in [6, 6.07) is 3.88. The van der Waals surface area contributed by atoms with Crippen molar-refractivity contribution in [2.45, 2.75) is 70.8 Å². The molecule has 2 aromatic rings. The number of aromatic hydroxyl groups is 1. The van der Waals surface area contributed by atoms with Crippen LogP contribution < -0.4 is 5.32 Å². The van der Waals surface area contributed by atoms with Gasteiger partial charge < -0.3 is 24.7 Å². The van der Waals surface area contributed by atoms with Crippen LogP contribution in [0.4, 0.5) is 4.79 Å². The lowest BCUT2D eigenvalue weighted by Gasteiger charge is -2.33. The molecular weight excluding hydrogens is 384 g/mol. The van der Waals surface area contributed by atoms with Crippen LogP contribution in [0.25, 0.3) is 11.3 Å². The number of oxazole rings is 1. The molecule has 1 aliphatic rings. The maximum absolute atomic E-state index is 11.4. The molecular formula is C23H32N2O5. The molecule has 164 valence electrons. The van der Waals surface area contributed by atoms with Gasteiger partial charge >= 0.3 is 6.09 Å². The largest absolute Gasteiger partial charge is 0.507 e. The van der Waals surface area contributed by atoms with Crippen LogP contribution >= 0.6 is 0 Å². The van der Waals surface area contributed by atoms with Crippen molar-refractivity contribution in [2.24, 2.45) is 0 Å². The zero-order valence-electron chi connectivity index (χ0n) is 18.6. The number of hydrogen-bond donors (Lipinski definition) is 3. The van der Waals surface area contributed by atoms with Crippen molar-refractivity contribution in [3.63, 3.8) is 0 Å². The highest BCUT2D eigenvalue weighted by Gasteiger charge is 2.41. The lowest BCUT2D eigenvalue weighted by Crippen LogP contribution is -2.49. The van der Waals surface area contributed by atoms with Crippen LogP contribution in [-0.4, -0.2) is 34.5 Å². The van der Waals surface area contributed by atoms with Gasteiger partial charge in [-0.05, 0) is 23.0 Å². The van der Waals surface area contributed by atoms with Crippen molar-refractivity contribution >= 4 is 6.09 Å². The standard InChI is InChI=1S/C23H32N2O5/c1-21(2,3)15-11-14(12-16(18(15)26)22(4,5)6)17-13-30-19(24-17)23(25-20(27)28)7-9-29-10-8-23/h11-13,25-26H,7-10H2,1-6H3,(H,27,28). The van der Waals surface area contributed by atoms with Crippen molar-refractivity contribution in [1.29, 1.82) is 0 Å². The van der Waals surface area contributed by atoms with Crippen LogP contribution in [0.3, 0.4) is 0 Å². The molecule has 0 aliphatic carbocycles. The number of benzene rings is 1. The van der Waals surface area contributed by atoms with Gasteiger partial charge in [-0.15, -0.1) is 0 Å². The Morgan fingerprint density at radius 2 is 1.60 bits per heavy atom. The quantitative estimate of drug-likeness (QED) is 0.656. The number of hydrogen-bond acceptors (Lipinski definition) is 5. The van der Waals surface area contributed by atoms with Crippen LogP contribution in [0.1, 0.15) is 71.4 Å². The van der Waals surface area contributed by atoms with Crippen molar-refractivity contribution in [3.8, 4) is 17.0 Å². The van der Waals surface area contributed by atoms with Gasteiger partial charge in [-0.25, -0.2) is 9.78 Å². The fraction of sp³-hybridized carbons (Fsp3) is 0.565. The second-order valence-corrected chi connectivity index (χ2v) is 10.1. The molecule has 0 bridgehead atoms. The maximum atomic E-state index is 11.4. The summed E-state index contributed by atoms with van der Waals surface area (Å²) in [5, 5.41) is 22.9. The Bertz CT molecular complexity index is 893. The molecule has 0 atom stereocenters. The lowest BCUT2D eigenvalue weighted by atomic mass is 9.78. The molecule has 7 heteroatoms. The molecule has 1 amide bonds. The van der Waals surface area contributed by atoms with Gasteiger partial charge in [-0.1, -0.05) is 41.5 Å². The first-order chi connectivity index (χ1) is 13.8. The number of aromatic nitrogens is 1. The van der Waals surface area contributed by atoms with Crippen molar-refractivity contribution in [1.82, 2.24) is 10.3 Å². The number of nitrogens with zero attached hydrogens (tertiary/aromatic N) is 1. The number of amides is 1. The average molecular weight is 417 g/mol. The van der Waals surface area contributed by atoms with Crippen molar-refractivity contribution < 1.29 is 24.2 Å². The Hall–Kier alpha value is -2.54. The predicted molar refractivity (Wildman–Crippen MR) is 114 cm³/mol. The number of carbonyl (C=O) groups is 1. The van der Waals surface area contributed by atoms with Gasteiger partial charge in [0.25, 0.3) is 0 Å². The highest BCUT2D eigenvalue weighted by molar-refractivity contribution is 5.67. The molecule has 1 aliphatic heterocycles. The Labute approximate surface area is 177 Å². The predicted octanol–water partition coefficient (Wildman–Crippen LogP) is 4.92. The second-order valence-electron chi connectivity index (χ2n) is 10.1. The summed E-state index contributed by atoms with van der Waals surface area (Å²) >= 11 is 0. The molecule has 0 unspecified atom stereocenters. The average Bonchev–Trinajstić information content (AvgIpc) is 3.11. The molecule has 1 aromatic heterocycles. The molecule has 3 rings (SSSR count). The van der Waals surface area contributed by atoms with E-state index in [0.717, 1.165) is 16.7 Å². The van der Waals surface area contributed by atoms with E-state index in [1.54, 1.807) is 6.26 Å². The highest BCUT2D eigenvalue weighted by atomic mass is 16.5. The molecule has 7 nitrogen and oxygen atoms in total. The molecule has 0 radical (unpaired) electrons. The summed E-state index contributed by atoms with van der Waals surface area (Å²) in [5.74, 6) is 0.641. The van der Waals surface area contributed by atoms with Gasteiger partial charge in [0.1, 0.15) is 23.2 Å². The van der Waals surface area contributed by atoms with Gasteiger partial charge in [-0.2, -0.15) is 0 Å². The molecule has 0 saturated carbocycles. The van der Waals surface area contributed by atoms with E-state index in [9.17, 15) is 15.0 Å². The fourth-order valence-corrected chi connectivity index (χ4v) is 3.87. The van der Waals surface area contributed by atoms with E-state index in [0.29, 0.717) is 43.4 Å². The molecule has 1 saturated heterocycles. The van der Waals surface area contributed by atoms with Crippen molar-refractivity contribution in [2.75, 3.05) is 13.2 Å². The van der Waals surface area contributed by atoms with Gasteiger partial charge in [0, 0.05) is 42.7 Å². The van der Waals surface area contributed by atoms with Crippen LogP contribution in [-0.2, 0) is 21.1 Å². The number of phenols is 1. The number of rotatable bonds is 3. The van der Waals surface area contributed by atoms with E-state index in [1.807, 2.05) is 12.1 Å². The lowest BCUT2D eigenvalue weighted by molar-refractivity contribution is 0.0264. The maximum Gasteiger partial charge on any atom is 0.405 e. The first-order valence-electron chi connectivity index (χ1n) is 10.3. The van der Waals surface area contributed by atoms with E-state index in [-0.39, 0.29) is 10.8 Å². The molecule has 30 heavy (non-hydrogen) atoms. The molecule has 3 N–H and O–H groups in total. The fourth-order valence-electron chi connectivity index (χ4n) is 3.87. The summed E-state index contributed by atoms with van der Waals surface area (Å²) in [7, 11) is 0. The topological polar surface area (TPSA) is 105 Å². The summed E-state index contributed by atoms with van der Waals surface area (Å²) in [4.78, 5) is 16.1. The zero-order chi connectivity index (χ0) is 22.3. The third-order valence-corrected chi connectivity index (χ3v) is 5.63. The summed E-state index contributed by atoms with van der Waals surface area (Å²) in [6.45, 7) is 13.2. The van der Waals surface area contributed by atoms with E-state index in [4.69, 9.17) is 9.15 Å². The minimum absolute atomic E-state index is 0.264. The molecule has 1 fully saturated rings. The summed E-state index contributed by atoms with van der Waals surface area (Å²) in [6.07, 6.45) is 1.35. The van der Waals surface area contributed by atoms with Crippen LogP contribution in [0, 0.1) is 0 Å². The third kappa shape index (κ3) is 4.31. The highest BCUT2D eigenvalue weighted by Crippen LogP contribution is 2.42. The van der Waals surface area contributed by atoms with Crippen molar-refractivity contribution in [3.05, 3.63) is 35.4 Å². The summed E-state index contributed by atoms with van der Waals surface area (Å²) < 4.78 is 11.2. The van der Waals surface area contributed by atoms with E-state index in [1.165, 1.54) is 0 Å². The smallest absolute Gasteiger partial charge is 0.405 e.